The molecule has 1 aliphatic rings. The third-order valence-electron chi connectivity index (χ3n) is 4.57. The maximum absolute atomic E-state index is 9.09. The van der Waals surface area contributed by atoms with E-state index in [1.165, 1.54) is 0 Å². The molecule has 0 atom stereocenters. The van der Waals surface area contributed by atoms with Crippen LogP contribution < -0.4 is 5.32 Å². The maximum Gasteiger partial charge on any atom is 0.182 e. The molecular weight excluding hydrogens is 264 g/mol. The lowest BCUT2D eigenvalue weighted by Gasteiger charge is -2.46. The highest BCUT2D eigenvalue weighted by atomic mass is 15.2. The molecule has 2 rings (SSSR count). The summed E-state index contributed by atoms with van der Waals surface area (Å²) in [4.78, 5) is 13.1. The first-order valence-electron chi connectivity index (χ1n) is 7.46. The first-order valence-corrected chi connectivity index (χ1v) is 7.46. The van der Waals surface area contributed by atoms with Crippen molar-refractivity contribution in [2.24, 2.45) is 0 Å². The van der Waals surface area contributed by atoms with Crippen LogP contribution in [0.1, 0.15) is 25.5 Å². The molecule has 2 heterocycles. The van der Waals surface area contributed by atoms with Gasteiger partial charge in [0.25, 0.3) is 0 Å². The number of nitriles is 1. The number of anilines is 1. The Bertz CT molecular complexity index is 499. The van der Waals surface area contributed by atoms with Gasteiger partial charge in [-0.1, -0.05) is 6.92 Å². The van der Waals surface area contributed by atoms with Gasteiger partial charge in [-0.3, -0.25) is 0 Å². The van der Waals surface area contributed by atoms with E-state index >= 15 is 0 Å². The monoisotopic (exact) mass is 288 g/mol. The van der Waals surface area contributed by atoms with Gasteiger partial charge in [0.05, 0.1) is 0 Å². The predicted molar refractivity (Wildman–Crippen MR) is 83.0 cm³/mol. The van der Waals surface area contributed by atoms with Crippen LogP contribution in [0, 0.1) is 11.3 Å². The molecule has 1 N–H and O–H groups in total. The number of hydrogen-bond donors (Lipinski definition) is 1. The molecule has 0 radical (unpaired) electrons. The fraction of sp³-hybridized carbons (Fsp3) is 0.667. The van der Waals surface area contributed by atoms with E-state index in [4.69, 9.17) is 5.26 Å². The SMILES string of the molecule is CCN1CCC(CNc2nccnc2C#N)(N(C)C)CC1. The minimum atomic E-state index is 0.107. The summed E-state index contributed by atoms with van der Waals surface area (Å²) in [5, 5.41) is 12.4. The quantitative estimate of drug-likeness (QED) is 0.877. The minimum Gasteiger partial charge on any atom is -0.366 e. The van der Waals surface area contributed by atoms with Gasteiger partial charge in [0.15, 0.2) is 11.5 Å². The third kappa shape index (κ3) is 3.49. The van der Waals surface area contributed by atoms with Crippen molar-refractivity contribution in [1.82, 2.24) is 19.8 Å². The van der Waals surface area contributed by atoms with Crippen molar-refractivity contribution in [2.45, 2.75) is 25.3 Å². The number of aromatic nitrogens is 2. The molecule has 0 aromatic carbocycles. The first kappa shape index (κ1) is 15.7. The molecule has 1 saturated heterocycles. The Morgan fingerprint density at radius 1 is 1.33 bits per heavy atom. The van der Waals surface area contributed by atoms with E-state index in [0.717, 1.165) is 39.0 Å². The lowest BCUT2D eigenvalue weighted by Crippen LogP contribution is -2.56. The largest absolute Gasteiger partial charge is 0.366 e. The summed E-state index contributed by atoms with van der Waals surface area (Å²) in [5.74, 6) is 0.583. The smallest absolute Gasteiger partial charge is 0.182 e. The second-order valence-corrected chi connectivity index (χ2v) is 5.77. The van der Waals surface area contributed by atoms with Crippen molar-refractivity contribution >= 4 is 5.82 Å². The molecule has 1 aromatic heterocycles. The van der Waals surface area contributed by atoms with Crippen LogP contribution in [0.2, 0.25) is 0 Å². The van der Waals surface area contributed by atoms with Crippen LogP contribution in [0.3, 0.4) is 0 Å². The van der Waals surface area contributed by atoms with Gasteiger partial charge >= 0.3 is 0 Å². The van der Waals surface area contributed by atoms with Crippen LogP contribution in [0.4, 0.5) is 5.82 Å². The standard InChI is InChI=1S/C15H24N6/c1-4-21-9-5-15(6-10-21,20(2)3)12-19-14-13(11-16)17-7-8-18-14/h7-8H,4-6,9-10,12H2,1-3H3,(H,18,19). The molecule has 0 amide bonds. The lowest BCUT2D eigenvalue weighted by molar-refractivity contribution is 0.0686. The molecule has 1 fully saturated rings. The molecular formula is C15H24N6. The molecule has 0 saturated carbocycles. The molecule has 0 aliphatic carbocycles. The summed E-state index contributed by atoms with van der Waals surface area (Å²) in [5.41, 5.74) is 0.466. The van der Waals surface area contributed by atoms with Gasteiger partial charge < -0.3 is 15.1 Å². The average molecular weight is 288 g/mol. The molecule has 1 aromatic rings. The van der Waals surface area contributed by atoms with E-state index in [9.17, 15) is 0 Å². The molecule has 0 bridgehead atoms. The second kappa shape index (κ2) is 6.83. The van der Waals surface area contributed by atoms with E-state index in [-0.39, 0.29) is 5.54 Å². The summed E-state index contributed by atoms with van der Waals surface area (Å²) in [7, 11) is 4.26. The Labute approximate surface area is 126 Å². The zero-order valence-electron chi connectivity index (χ0n) is 13.1. The second-order valence-electron chi connectivity index (χ2n) is 5.77. The molecule has 0 spiro atoms. The highest BCUT2D eigenvalue weighted by Crippen LogP contribution is 2.27. The lowest BCUT2D eigenvalue weighted by atomic mass is 9.86. The number of likely N-dealkylation sites (N-methyl/N-ethyl adjacent to an activating group) is 1. The topological polar surface area (TPSA) is 68.1 Å². The Kier molecular flexibility index (Phi) is 5.10. The van der Waals surface area contributed by atoms with Crippen LogP contribution in [0.15, 0.2) is 12.4 Å². The highest BCUT2D eigenvalue weighted by molar-refractivity contribution is 5.47. The Morgan fingerprint density at radius 3 is 2.57 bits per heavy atom. The number of likely N-dealkylation sites (tertiary alicyclic amines) is 1. The van der Waals surface area contributed by atoms with Crippen molar-refractivity contribution in [2.75, 3.05) is 45.6 Å². The minimum absolute atomic E-state index is 0.107. The zero-order valence-corrected chi connectivity index (χ0v) is 13.1. The van der Waals surface area contributed by atoms with Crippen molar-refractivity contribution in [3.63, 3.8) is 0 Å². The van der Waals surface area contributed by atoms with Crippen molar-refractivity contribution in [3.05, 3.63) is 18.1 Å². The number of nitrogens with zero attached hydrogens (tertiary/aromatic N) is 5. The number of piperidine rings is 1. The van der Waals surface area contributed by atoms with Gasteiger partial charge in [0.1, 0.15) is 6.07 Å². The molecule has 6 heteroatoms. The van der Waals surface area contributed by atoms with E-state index in [1.807, 2.05) is 0 Å². The van der Waals surface area contributed by atoms with Crippen molar-refractivity contribution in [1.29, 1.82) is 5.26 Å². The normalized spacial score (nSPS) is 18.4. The highest BCUT2D eigenvalue weighted by Gasteiger charge is 2.36. The first-order chi connectivity index (χ1) is 10.1. The maximum atomic E-state index is 9.09. The van der Waals surface area contributed by atoms with Crippen LogP contribution >= 0.6 is 0 Å². The van der Waals surface area contributed by atoms with Crippen molar-refractivity contribution in [3.8, 4) is 6.07 Å². The van der Waals surface area contributed by atoms with E-state index in [0.29, 0.717) is 11.5 Å². The van der Waals surface area contributed by atoms with Gasteiger partial charge in [-0.25, -0.2) is 9.97 Å². The average Bonchev–Trinajstić information content (AvgIpc) is 2.53. The van der Waals surface area contributed by atoms with Gasteiger partial charge in [-0.2, -0.15) is 5.26 Å². The Balaban J connectivity index is 2.06. The van der Waals surface area contributed by atoms with Crippen LogP contribution in [0.25, 0.3) is 0 Å². The van der Waals surface area contributed by atoms with Gasteiger partial charge in [-0.15, -0.1) is 0 Å². The Hall–Kier alpha value is -1.71. The molecule has 0 unspecified atom stereocenters. The Morgan fingerprint density at radius 2 is 2.00 bits per heavy atom. The van der Waals surface area contributed by atoms with E-state index < -0.39 is 0 Å². The number of hydrogen-bond acceptors (Lipinski definition) is 6. The summed E-state index contributed by atoms with van der Waals surface area (Å²) in [6.45, 7) is 6.33. The number of rotatable bonds is 5. The molecule has 6 nitrogen and oxygen atoms in total. The molecule has 1 aliphatic heterocycles. The summed E-state index contributed by atoms with van der Waals surface area (Å²) in [6, 6.07) is 2.08. The number of nitrogens with one attached hydrogen (secondary N) is 1. The fourth-order valence-corrected chi connectivity index (χ4v) is 2.87. The summed E-state index contributed by atoms with van der Waals surface area (Å²) < 4.78 is 0. The van der Waals surface area contributed by atoms with Crippen LogP contribution in [-0.4, -0.2) is 65.6 Å². The van der Waals surface area contributed by atoms with E-state index in [1.54, 1.807) is 12.4 Å². The van der Waals surface area contributed by atoms with Gasteiger partial charge in [0, 0.05) is 24.5 Å². The van der Waals surface area contributed by atoms with Gasteiger partial charge in [-0.05, 0) is 46.6 Å². The fourth-order valence-electron chi connectivity index (χ4n) is 2.87. The van der Waals surface area contributed by atoms with Crippen molar-refractivity contribution < 1.29 is 0 Å². The predicted octanol–water partition coefficient (Wildman–Crippen LogP) is 1.18. The van der Waals surface area contributed by atoms with Crippen LogP contribution in [-0.2, 0) is 0 Å². The van der Waals surface area contributed by atoms with E-state index in [2.05, 4.69) is 52.2 Å². The summed E-state index contributed by atoms with van der Waals surface area (Å²) >= 11 is 0. The zero-order chi connectivity index (χ0) is 15.3. The summed E-state index contributed by atoms with van der Waals surface area (Å²) in [6.07, 6.45) is 5.39. The van der Waals surface area contributed by atoms with Gasteiger partial charge in [0.2, 0.25) is 0 Å². The molecule has 114 valence electrons. The third-order valence-corrected chi connectivity index (χ3v) is 4.57. The molecule has 21 heavy (non-hydrogen) atoms. The van der Waals surface area contributed by atoms with Crippen LogP contribution in [0.5, 0.6) is 0 Å².